The predicted molar refractivity (Wildman–Crippen MR) is 107 cm³/mol. The molecule has 8 nitrogen and oxygen atoms in total. The van der Waals surface area contributed by atoms with Gasteiger partial charge in [0.25, 0.3) is 0 Å². The van der Waals surface area contributed by atoms with Crippen molar-refractivity contribution in [1.29, 1.82) is 0 Å². The number of hydrogen-bond donors (Lipinski definition) is 0. The quantitative estimate of drug-likeness (QED) is 0.157. The zero-order chi connectivity index (χ0) is 26.4. The van der Waals surface area contributed by atoms with Crippen molar-refractivity contribution in [3.8, 4) is 12.3 Å². The van der Waals surface area contributed by atoms with Gasteiger partial charge >= 0.3 is 67.8 Å². The van der Waals surface area contributed by atoms with Gasteiger partial charge in [-0.1, -0.05) is 18.4 Å². The van der Waals surface area contributed by atoms with E-state index < -0.39 is 8.32 Å². The Labute approximate surface area is 219 Å². The van der Waals surface area contributed by atoms with Gasteiger partial charge in [0.2, 0.25) is 8.32 Å². The first-order chi connectivity index (χ1) is 14.9. The largest absolute Gasteiger partial charge is 0 e. The van der Waals surface area contributed by atoms with Crippen LogP contribution in [0.25, 0.3) is 0 Å². The average Bonchev–Trinajstić information content (AvgIpc) is 2.86. The third kappa shape index (κ3) is 33.0. The molecule has 0 heterocycles. The smallest absolute Gasteiger partial charge is 0 e. The van der Waals surface area contributed by atoms with Crippen LogP contribution in [-0.4, -0.2) is 21.0 Å². The Morgan fingerprint density at radius 3 is 1.67 bits per heavy atom. The van der Waals surface area contributed by atoms with E-state index in [0.29, 0.717) is 5.92 Å². The van der Waals surface area contributed by atoms with Gasteiger partial charge in [0.1, 0.15) is 5.60 Å². The molecule has 1 aliphatic rings. The minimum atomic E-state index is -1.43. The molecule has 0 bridgehead atoms. The van der Waals surface area contributed by atoms with Crippen molar-refractivity contribution in [3.05, 3.63) is 52.2 Å². The summed E-state index contributed by atoms with van der Waals surface area (Å²) in [6.45, 7) is 33.6. The van der Waals surface area contributed by atoms with Gasteiger partial charge < -0.3 is 9.16 Å². The van der Waals surface area contributed by atoms with Gasteiger partial charge in [-0.3, -0.25) is 0 Å². The Morgan fingerprint density at radius 1 is 0.909 bits per heavy atom. The van der Waals surface area contributed by atoms with Crippen LogP contribution < -0.4 is 0 Å². The minimum Gasteiger partial charge on any atom is 0 e. The molecular weight excluding hydrogens is 538 g/mol. The van der Waals surface area contributed by atoms with E-state index in [2.05, 4.69) is 71.5 Å². The van der Waals surface area contributed by atoms with Crippen molar-refractivity contribution in [3.63, 3.8) is 0 Å². The van der Waals surface area contributed by atoms with Gasteiger partial charge in [-0.25, -0.2) is 0 Å². The fourth-order valence-corrected chi connectivity index (χ4v) is 3.23. The molecular formula is C22H28Co2O8Si. The summed E-state index contributed by atoms with van der Waals surface area (Å²) in [5.41, 5.74) is -0.328. The Morgan fingerprint density at radius 2 is 1.33 bits per heavy atom. The van der Waals surface area contributed by atoms with Gasteiger partial charge in [0.15, 0.2) is 0 Å². The molecule has 0 amide bonds. The number of methoxy groups -OCH3 is 1. The fraction of sp³-hybridized carbons (Fsp3) is 0.545. The van der Waals surface area contributed by atoms with Gasteiger partial charge in [-0.15, -0.1) is 6.42 Å². The topological polar surface area (TPSA) is 138 Å². The van der Waals surface area contributed by atoms with Crippen molar-refractivity contribution in [2.24, 2.45) is 5.92 Å². The predicted octanol–water partition coefficient (Wildman–Crippen LogP) is 4.11. The molecule has 2 unspecified atom stereocenters. The van der Waals surface area contributed by atoms with Gasteiger partial charge in [0.05, 0.1) is 6.26 Å². The number of rotatable bonds is 6. The van der Waals surface area contributed by atoms with Gasteiger partial charge in [0, 0.05) is 40.7 Å². The summed E-state index contributed by atoms with van der Waals surface area (Å²) in [5, 5.41) is 0. The van der Waals surface area contributed by atoms with Crippen LogP contribution in [0.4, 0.5) is 0 Å². The third-order valence-corrected chi connectivity index (χ3v) is 4.66. The van der Waals surface area contributed by atoms with E-state index in [4.69, 9.17) is 43.5 Å². The molecule has 0 N–H and O–H groups in total. The van der Waals surface area contributed by atoms with E-state index in [9.17, 15) is 0 Å². The molecule has 1 rings (SSSR count). The van der Waals surface area contributed by atoms with E-state index in [0.717, 1.165) is 19.3 Å². The molecule has 11 heteroatoms. The fourth-order valence-electron chi connectivity index (χ4n) is 2.73. The Bertz CT molecular complexity index is 537. The molecule has 0 aromatic carbocycles. The van der Waals surface area contributed by atoms with Crippen LogP contribution in [0.1, 0.15) is 38.5 Å². The van der Waals surface area contributed by atoms with Crippen LogP contribution in [-0.2, 0) is 70.6 Å². The molecule has 2 atom stereocenters. The van der Waals surface area contributed by atoms with Crippen LogP contribution in [0.15, 0.2) is 12.3 Å². The number of allylic oxidation sites excluding steroid dienone is 1. The van der Waals surface area contributed by atoms with E-state index in [-0.39, 0.29) is 39.2 Å². The minimum absolute atomic E-state index is 0. The second-order valence-electron chi connectivity index (χ2n) is 6.36. The Hall–Kier alpha value is -1.27. The summed E-state index contributed by atoms with van der Waals surface area (Å²) < 4.78 is 56.4. The Balaban J connectivity index is -0.0000000646. The van der Waals surface area contributed by atoms with Crippen molar-refractivity contribution >= 4 is 8.32 Å². The zero-order valence-electron chi connectivity index (χ0n) is 19.0. The summed E-state index contributed by atoms with van der Waals surface area (Å²) in [6, 6.07) is 0. The molecule has 0 aliphatic heterocycles. The summed E-state index contributed by atoms with van der Waals surface area (Å²) in [4.78, 5) is 0. The van der Waals surface area contributed by atoms with Crippen molar-refractivity contribution in [2.45, 2.75) is 63.8 Å². The first kappa shape index (κ1) is 53.2. The first-order valence-corrected chi connectivity index (χ1v) is 11.9. The first-order valence-electron chi connectivity index (χ1n) is 8.52. The average molecular weight is 566 g/mol. The standard InChI is InChI=1S/C16H28O2Si.6CO.2Co/c1-6-16(17-2)13-9-7-11-15(16)12-8-10-14-18-19(3,4)5;6*1-2;;/h1,10,14-15H,7-9,11-13H2,2-5H3;;;;;;;;/b14-10+;;;;;;;;. The summed E-state index contributed by atoms with van der Waals surface area (Å²) >= 11 is 0. The summed E-state index contributed by atoms with van der Waals surface area (Å²) in [7, 11) is 0.320. The SMILES string of the molecule is C#CC1(OC)CCCCC1CC/C=C/O[Si](C)(C)C.[C-]#[O+].[C-]#[O+].[C-]#[O+].[C-]#[O+].[C-]#[O+].[C-]#[O+].[Co].[Co]. The van der Waals surface area contributed by atoms with E-state index in [1.807, 2.05) is 6.26 Å². The molecule has 0 saturated heterocycles. The van der Waals surface area contributed by atoms with Crippen molar-refractivity contribution < 1.29 is 70.6 Å². The number of ether oxygens (including phenoxy) is 1. The molecule has 0 spiro atoms. The van der Waals surface area contributed by atoms with E-state index in [1.165, 1.54) is 19.3 Å². The van der Waals surface area contributed by atoms with Crippen molar-refractivity contribution in [1.82, 2.24) is 0 Å². The van der Waals surface area contributed by atoms with Gasteiger partial charge in [-0.05, 0) is 57.7 Å². The molecule has 1 aliphatic carbocycles. The molecule has 2 radical (unpaired) electrons. The second kappa shape index (κ2) is 44.4. The van der Waals surface area contributed by atoms with Crippen LogP contribution in [0, 0.1) is 58.2 Å². The second-order valence-corrected chi connectivity index (χ2v) is 10.8. The molecule has 1 fully saturated rings. The normalized spacial score (nSPS) is 16.6. The zero-order valence-corrected chi connectivity index (χ0v) is 22.1. The maximum atomic E-state index is 7.50. The number of hydrogen-bond acceptors (Lipinski definition) is 2. The van der Waals surface area contributed by atoms with Crippen LogP contribution in [0.5, 0.6) is 0 Å². The number of terminal acetylenes is 1. The third-order valence-electron chi connectivity index (χ3n) is 3.82. The summed E-state index contributed by atoms with van der Waals surface area (Å²) in [5.74, 6) is 3.39. The maximum absolute atomic E-state index is 7.50. The monoisotopic (exact) mass is 566 g/mol. The molecule has 0 aromatic heterocycles. The van der Waals surface area contributed by atoms with E-state index in [1.54, 1.807) is 7.11 Å². The summed E-state index contributed by atoms with van der Waals surface area (Å²) in [6.07, 6.45) is 16.5. The van der Waals surface area contributed by atoms with Crippen molar-refractivity contribution in [2.75, 3.05) is 7.11 Å². The molecule has 186 valence electrons. The van der Waals surface area contributed by atoms with E-state index >= 15 is 0 Å². The molecule has 33 heavy (non-hydrogen) atoms. The molecule has 1 saturated carbocycles. The maximum Gasteiger partial charge on any atom is 0 e. The van der Waals surface area contributed by atoms with Crippen LogP contribution in [0.2, 0.25) is 19.6 Å². The van der Waals surface area contributed by atoms with Crippen LogP contribution >= 0.6 is 0 Å². The Kier molecular flexibility index (Phi) is 71.6. The van der Waals surface area contributed by atoms with Gasteiger partial charge in [-0.2, -0.15) is 0 Å². The molecule has 0 aromatic rings. The van der Waals surface area contributed by atoms with Crippen LogP contribution in [0.3, 0.4) is 0 Å².